The second-order valence-corrected chi connectivity index (χ2v) is 7.34. The van der Waals surface area contributed by atoms with Crippen molar-refractivity contribution in [2.24, 2.45) is 0 Å². The van der Waals surface area contributed by atoms with E-state index in [2.05, 4.69) is 10.3 Å². The zero-order chi connectivity index (χ0) is 23.5. The molecule has 0 aliphatic heterocycles. The van der Waals surface area contributed by atoms with Crippen molar-refractivity contribution in [3.05, 3.63) is 70.9 Å². The average molecular weight is 443 g/mol. The first-order valence-electron chi connectivity index (χ1n) is 10.3. The number of carbonyl (C=O) groups is 2. The molecular formula is C24H24F3N3O2. The minimum absolute atomic E-state index is 0.213. The molecule has 0 saturated carbocycles. The lowest BCUT2D eigenvalue weighted by Gasteiger charge is -2.23. The van der Waals surface area contributed by atoms with Crippen molar-refractivity contribution in [1.29, 1.82) is 0 Å². The minimum atomic E-state index is -4.60. The SMILES string of the molecule is CCc1nc2ccccc2c(C(=O)N(CC)CC(=O)Nc2ccccc2C(F)(F)F)c1C. The van der Waals surface area contributed by atoms with Gasteiger partial charge in [0, 0.05) is 17.6 Å². The van der Waals surface area contributed by atoms with Crippen molar-refractivity contribution in [1.82, 2.24) is 9.88 Å². The van der Waals surface area contributed by atoms with Crippen molar-refractivity contribution in [3.8, 4) is 0 Å². The topological polar surface area (TPSA) is 62.3 Å². The molecule has 0 spiro atoms. The number of pyridine rings is 1. The van der Waals surface area contributed by atoms with E-state index < -0.39 is 17.6 Å². The number of nitrogens with one attached hydrogen (secondary N) is 1. The number of fused-ring (bicyclic) bond motifs is 1. The van der Waals surface area contributed by atoms with Gasteiger partial charge in [0.15, 0.2) is 0 Å². The number of para-hydroxylation sites is 2. The van der Waals surface area contributed by atoms with E-state index in [9.17, 15) is 22.8 Å². The fraction of sp³-hybridized carbons (Fsp3) is 0.292. The zero-order valence-corrected chi connectivity index (χ0v) is 18.1. The molecule has 0 radical (unpaired) electrons. The molecule has 0 fully saturated rings. The summed E-state index contributed by atoms with van der Waals surface area (Å²) >= 11 is 0. The number of nitrogens with zero attached hydrogens (tertiary/aromatic N) is 2. The zero-order valence-electron chi connectivity index (χ0n) is 18.1. The van der Waals surface area contributed by atoms with Crippen molar-refractivity contribution >= 4 is 28.4 Å². The van der Waals surface area contributed by atoms with Crippen LogP contribution in [-0.2, 0) is 17.4 Å². The van der Waals surface area contributed by atoms with Gasteiger partial charge in [-0.25, -0.2) is 0 Å². The molecule has 3 rings (SSSR count). The van der Waals surface area contributed by atoms with Crippen molar-refractivity contribution < 1.29 is 22.8 Å². The van der Waals surface area contributed by atoms with Crippen LogP contribution in [0.15, 0.2) is 48.5 Å². The smallest absolute Gasteiger partial charge is 0.330 e. The lowest BCUT2D eigenvalue weighted by molar-refractivity contribution is -0.137. The van der Waals surface area contributed by atoms with Crippen LogP contribution in [0.25, 0.3) is 10.9 Å². The summed E-state index contributed by atoms with van der Waals surface area (Å²) in [5, 5.41) is 2.97. The number of likely N-dealkylation sites (N-methyl/N-ethyl adjacent to an activating group) is 1. The van der Waals surface area contributed by atoms with Gasteiger partial charge >= 0.3 is 6.18 Å². The fourth-order valence-corrected chi connectivity index (χ4v) is 3.67. The van der Waals surface area contributed by atoms with Gasteiger partial charge in [-0.1, -0.05) is 37.3 Å². The van der Waals surface area contributed by atoms with E-state index in [0.717, 1.165) is 17.3 Å². The Morgan fingerprint density at radius 3 is 2.34 bits per heavy atom. The van der Waals surface area contributed by atoms with Crippen molar-refractivity contribution in [2.75, 3.05) is 18.4 Å². The van der Waals surface area contributed by atoms with E-state index in [1.54, 1.807) is 13.0 Å². The third-order valence-corrected chi connectivity index (χ3v) is 5.30. The second-order valence-electron chi connectivity index (χ2n) is 7.34. The molecule has 8 heteroatoms. The molecular weight excluding hydrogens is 419 g/mol. The Kier molecular flexibility index (Phi) is 6.81. The summed E-state index contributed by atoms with van der Waals surface area (Å²) in [6.45, 7) is 5.32. The number of anilines is 1. The largest absolute Gasteiger partial charge is 0.418 e. The van der Waals surface area contributed by atoms with Crippen LogP contribution in [0.2, 0.25) is 0 Å². The first kappa shape index (κ1) is 23.2. The molecule has 0 saturated heterocycles. The molecule has 168 valence electrons. The van der Waals surface area contributed by atoms with Crippen molar-refractivity contribution in [2.45, 2.75) is 33.4 Å². The third kappa shape index (κ3) is 4.74. The number of rotatable bonds is 6. The summed E-state index contributed by atoms with van der Waals surface area (Å²) in [7, 11) is 0. The fourth-order valence-electron chi connectivity index (χ4n) is 3.67. The van der Waals surface area contributed by atoms with Gasteiger partial charge in [0.25, 0.3) is 5.91 Å². The molecule has 0 unspecified atom stereocenters. The normalized spacial score (nSPS) is 11.4. The summed E-state index contributed by atoms with van der Waals surface area (Å²) in [5.74, 6) is -1.07. The van der Waals surface area contributed by atoms with E-state index in [1.165, 1.54) is 23.1 Å². The molecule has 5 nitrogen and oxygen atoms in total. The first-order valence-corrected chi connectivity index (χ1v) is 10.3. The van der Waals surface area contributed by atoms with Gasteiger partial charge in [0.05, 0.1) is 22.3 Å². The van der Waals surface area contributed by atoms with E-state index >= 15 is 0 Å². The van der Waals surface area contributed by atoms with Gasteiger partial charge in [-0.05, 0) is 44.0 Å². The summed E-state index contributed by atoms with van der Waals surface area (Å²) in [4.78, 5) is 31.9. The molecule has 1 aromatic heterocycles. The number of aromatic nitrogens is 1. The van der Waals surface area contributed by atoms with Crippen LogP contribution in [0, 0.1) is 6.92 Å². The number of hydrogen-bond acceptors (Lipinski definition) is 3. The Labute approximate surface area is 184 Å². The maximum Gasteiger partial charge on any atom is 0.418 e. The molecule has 1 heterocycles. The summed E-state index contributed by atoms with van der Waals surface area (Å²) in [5.41, 5.74) is 1.37. The highest BCUT2D eigenvalue weighted by Crippen LogP contribution is 2.34. The van der Waals surface area contributed by atoms with Gasteiger partial charge in [0.2, 0.25) is 5.91 Å². The van der Waals surface area contributed by atoms with E-state index in [1.807, 2.05) is 32.0 Å². The molecule has 0 aliphatic carbocycles. The number of benzene rings is 2. The predicted molar refractivity (Wildman–Crippen MR) is 118 cm³/mol. The van der Waals surface area contributed by atoms with Crippen molar-refractivity contribution in [3.63, 3.8) is 0 Å². The average Bonchev–Trinajstić information content (AvgIpc) is 2.76. The summed E-state index contributed by atoms with van der Waals surface area (Å²) in [6.07, 6.45) is -3.97. The Morgan fingerprint density at radius 2 is 1.69 bits per heavy atom. The lowest BCUT2D eigenvalue weighted by atomic mass is 9.99. The number of aryl methyl sites for hydroxylation is 1. The quantitative estimate of drug-likeness (QED) is 0.568. The minimum Gasteiger partial charge on any atom is -0.330 e. The van der Waals surface area contributed by atoms with Crippen LogP contribution in [0.5, 0.6) is 0 Å². The maximum atomic E-state index is 13.4. The third-order valence-electron chi connectivity index (χ3n) is 5.30. The highest BCUT2D eigenvalue weighted by atomic mass is 19.4. The Bertz CT molecular complexity index is 1160. The van der Waals surface area contributed by atoms with Gasteiger partial charge in [-0.2, -0.15) is 13.2 Å². The molecule has 0 bridgehead atoms. The first-order chi connectivity index (χ1) is 15.2. The monoisotopic (exact) mass is 443 g/mol. The summed E-state index contributed by atoms with van der Waals surface area (Å²) < 4.78 is 39.7. The molecule has 32 heavy (non-hydrogen) atoms. The lowest BCUT2D eigenvalue weighted by Crippen LogP contribution is -2.38. The number of halogens is 3. The van der Waals surface area contributed by atoms with Gasteiger partial charge < -0.3 is 10.2 Å². The van der Waals surface area contributed by atoms with Crippen LogP contribution in [0.4, 0.5) is 18.9 Å². The summed E-state index contributed by atoms with van der Waals surface area (Å²) in [6, 6.07) is 12.0. The molecule has 3 aromatic rings. The Morgan fingerprint density at radius 1 is 1.03 bits per heavy atom. The molecule has 1 N–H and O–H groups in total. The number of amides is 2. The van der Waals surface area contributed by atoms with Gasteiger partial charge in [-0.15, -0.1) is 0 Å². The van der Waals surface area contributed by atoms with E-state index in [4.69, 9.17) is 0 Å². The predicted octanol–water partition coefficient (Wildman–Crippen LogP) is 5.23. The van der Waals surface area contributed by atoms with E-state index in [0.29, 0.717) is 22.9 Å². The number of alkyl halides is 3. The standard InChI is InChI=1S/C24H24F3N3O2/c1-4-18-15(3)22(16-10-6-8-12-19(16)28-18)23(32)30(5-2)14-21(31)29-20-13-9-7-11-17(20)24(25,26)27/h6-13H,4-5,14H2,1-3H3,(H,29,31). The van der Waals surface area contributed by atoms with Crippen LogP contribution in [-0.4, -0.2) is 34.8 Å². The molecule has 0 aliphatic rings. The number of carbonyl (C=O) groups excluding carboxylic acids is 2. The second kappa shape index (κ2) is 9.38. The van der Waals surface area contributed by atoms with Gasteiger partial charge in [-0.3, -0.25) is 14.6 Å². The molecule has 0 atom stereocenters. The molecule has 2 aromatic carbocycles. The van der Waals surface area contributed by atoms with Crippen LogP contribution in [0.3, 0.4) is 0 Å². The van der Waals surface area contributed by atoms with Gasteiger partial charge in [0.1, 0.15) is 6.54 Å². The van der Waals surface area contributed by atoms with Crippen LogP contribution < -0.4 is 5.32 Å². The van der Waals surface area contributed by atoms with Crippen LogP contribution in [0.1, 0.15) is 41.0 Å². The number of hydrogen-bond donors (Lipinski definition) is 1. The van der Waals surface area contributed by atoms with Crippen LogP contribution >= 0.6 is 0 Å². The van der Waals surface area contributed by atoms with E-state index in [-0.39, 0.29) is 24.7 Å². The highest BCUT2D eigenvalue weighted by Gasteiger charge is 2.33. The Balaban J connectivity index is 1.90. The Hall–Kier alpha value is -3.42. The highest BCUT2D eigenvalue weighted by molar-refractivity contribution is 6.09. The maximum absolute atomic E-state index is 13.4. The molecule has 2 amide bonds.